The van der Waals surface area contributed by atoms with E-state index >= 15 is 0 Å². The molecular weight excluding hydrogens is 222 g/mol. The lowest BCUT2D eigenvalue weighted by molar-refractivity contribution is -0.143. The molecule has 0 atom stereocenters. The molecule has 0 unspecified atom stereocenters. The summed E-state index contributed by atoms with van der Waals surface area (Å²) in [5, 5.41) is 8.90. The third-order valence-corrected chi connectivity index (χ3v) is 4.10. The summed E-state index contributed by atoms with van der Waals surface area (Å²) in [6.45, 7) is 4.91. The molecule has 1 aliphatic rings. The van der Waals surface area contributed by atoms with Crippen LogP contribution in [0, 0.1) is 12.8 Å². The van der Waals surface area contributed by atoms with Crippen LogP contribution in [-0.4, -0.2) is 29.1 Å². The van der Waals surface area contributed by atoms with Gasteiger partial charge >= 0.3 is 5.97 Å². The van der Waals surface area contributed by atoms with Crippen molar-refractivity contribution in [3.05, 3.63) is 21.9 Å². The van der Waals surface area contributed by atoms with E-state index in [-0.39, 0.29) is 5.92 Å². The number of hydrogen-bond donors (Lipinski definition) is 1. The topological polar surface area (TPSA) is 40.5 Å². The van der Waals surface area contributed by atoms with Crippen molar-refractivity contribution < 1.29 is 9.90 Å². The van der Waals surface area contributed by atoms with E-state index in [1.165, 1.54) is 9.75 Å². The SMILES string of the molecule is Cc1ccc(CN2CCC(C(=O)O)CC2)s1. The van der Waals surface area contributed by atoms with Crippen molar-refractivity contribution in [1.29, 1.82) is 0 Å². The Morgan fingerprint density at radius 2 is 2.19 bits per heavy atom. The molecule has 1 saturated heterocycles. The van der Waals surface area contributed by atoms with Crippen LogP contribution >= 0.6 is 11.3 Å². The molecule has 0 radical (unpaired) electrons. The molecule has 4 heteroatoms. The Balaban J connectivity index is 1.83. The molecule has 2 heterocycles. The first kappa shape index (κ1) is 11.6. The highest BCUT2D eigenvalue weighted by Crippen LogP contribution is 2.22. The second-order valence-corrected chi connectivity index (χ2v) is 5.77. The van der Waals surface area contributed by atoms with Crippen LogP contribution in [0.5, 0.6) is 0 Å². The Morgan fingerprint density at radius 3 is 2.69 bits per heavy atom. The zero-order valence-electron chi connectivity index (χ0n) is 9.48. The van der Waals surface area contributed by atoms with Gasteiger partial charge in [0.2, 0.25) is 0 Å². The Labute approximate surface area is 99.7 Å². The predicted molar refractivity (Wildman–Crippen MR) is 64.7 cm³/mol. The van der Waals surface area contributed by atoms with Crippen LogP contribution in [-0.2, 0) is 11.3 Å². The van der Waals surface area contributed by atoms with Crippen LogP contribution in [0.3, 0.4) is 0 Å². The number of carboxylic acid groups (broad SMARTS) is 1. The monoisotopic (exact) mass is 239 g/mol. The third-order valence-electron chi connectivity index (χ3n) is 3.11. The maximum absolute atomic E-state index is 10.8. The van der Waals surface area contributed by atoms with E-state index in [1.807, 2.05) is 11.3 Å². The standard InChI is InChI=1S/C12H17NO2S/c1-9-2-3-11(16-9)8-13-6-4-10(5-7-13)12(14)15/h2-3,10H,4-8H2,1H3,(H,14,15). The second kappa shape index (κ2) is 4.97. The van der Waals surface area contributed by atoms with Crippen molar-refractivity contribution in [3.63, 3.8) is 0 Å². The third kappa shape index (κ3) is 2.83. The maximum Gasteiger partial charge on any atom is 0.306 e. The summed E-state index contributed by atoms with van der Waals surface area (Å²) in [7, 11) is 0. The van der Waals surface area contributed by atoms with E-state index in [1.54, 1.807) is 0 Å². The van der Waals surface area contributed by atoms with Gasteiger partial charge in [0.25, 0.3) is 0 Å². The van der Waals surface area contributed by atoms with Crippen molar-refractivity contribution >= 4 is 17.3 Å². The number of aliphatic carboxylic acids is 1. The molecule has 3 nitrogen and oxygen atoms in total. The highest BCUT2D eigenvalue weighted by molar-refractivity contribution is 7.11. The molecule has 1 aromatic rings. The summed E-state index contributed by atoms with van der Waals surface area (Å²) in [6, 6.07) is 4.31. The summed E-state index contributed by atoms with van der Waals surface area (Å²) in [5.74, 6) is -0.757. The summed E-state index contributed by atoms with van der Waals surface area (Å²) >= 11 is 1.83. The quantitative estimate of drug-likeness (QED) is 0.880. The number of thiophene rings is 1. The fraction of sp³-hybridized carbons (Fsp3) is 0.583. The maximum atomic E-state index is 10.8. The summed E-state index contributed by atoms with van der Waals surface area (Å²) in [4.78, 5) is 15.9. The number of nitrogens with zero attached hydrogens (tertiary/aromatic N) is 1. The lowest BCUT2D eigenvalue weighted by atomic mass is 9.97. The molecule has 0 bridgehead atoms. The number of hydrogen-bond acceptors (Lipinski definition) is 3. The van der Waals surface area contributed by atoms with Gasteiger partial charge in [-0.2, -0.15) is 0 Å². The molecule has 0 saturated carbocycles. The van der Waals surface area contributed by atoms with Crippen LogP contribution in [0.15, 0.2) is 12.1 Å². The Hall–Kier alpha value is -0.870. The van der Waals surface area contributed by atoms with Crippen molar-refractivity contribution in [3.8, 4) is 0 Å². The average Bonchev–Trinajstić information content (AvgIpc) is 2.65. The molecule has 1 aliphatic heterocycles. The van der Waals surface area contributed by atoms with Gasteiger partial charge in [-0.1, -0.05) is 0 Å². The molecule has 0 aliphatic carbocycles. The molecule has 0 aromatic carbocycles. The van der Waals surface area contributed by atoms with Crippen LogP contribution in [0.2, 0.25) is 0 Å². The Morgan fingerprint density at radius 1 is 1.50 bits per heavy atom. The number of carbonyl (C=O) groups is 1. The minimum atomic E-state index is -0.633. The summed E-state index contributed by atoms with van der Waals surface area (Å²) in [6.07, 6.45) is 1.58. The second-order valence-electron chi connectivity index (χ2n) is 4.40. The van der Waals surface area contributed by atoms with Crippen molar-refractivity contribution in [1.82, 2.24) is 4.90 Å². The molecule has 0 amide bonds. The molecule has 88 valence electrons. The van der Waals surface area contributed by atoms with Gasteiger partial charge in [-0.15, -0.1) is 11.3 Å². The molecule has 2 rings (SSSR count). The van der Waals surface area contributed by atoms with Crippen LogP contribution in [0.1, 0.15) is 22.6 Å². The van der Waals surface area contributed by atoms with Gasteiger partial charge in [-0.05, 0) is 45.0 Å². The smallest absolute Gasteiger partial charge is 0.306 e. The van der Waals surface area contributed by atoms with Crippen molar-refractivity contribution in [2.75, 3.05) is 13.1 Å². The lowest BCUT2D eigenvalue weighted by Gasteiger charge is -2.29. The van der Waals surface area contributed by atoms with E-state index in [0.717, 1.165) is 32.5 Å². The highest BCUT2D eigenvalue weighted by atomic mass is 32.1. The van der Waals surface area contributed by atoms with Gasteiger partial charge in [-0.25, -0.2) is 0 Å². The van der Waals surface area contributed by atoms with Gasteiger partial charge in [0.05, 0.1) is 5.92 Å². The molecule has 0 spiro atoms. The Kier molecular flexibility index (Phi) is 3.61. The first-order valence-electron chi connectivity index (χ1n) is 5.65. The van der Waals surface area contributed by atoms with Crippen molar-refractivity contribution in [2.24, 2.45) is 5.92 Å². The first-order chi connectivity index (χ1) is 7.65. The number of aryl methyl sites for hydroxylation is 1. The fourth-order valence-corrected chi connectivity index (χ4v) is 3.06. The minimum Gasteiger partial charge on any atom is -0.481 e. The molecular formula is C12H17NO2S. The van der Waals surface area contributed by atoms with Gasteiger partial charge < -0.3 is 5.11 Å². The minimum absolute atomic E-state index is 0.124. The van der Waals surface area contributed by atoms with Gasteiger partial charge in [0, 0.05) is 16.3 Å². The molecule has 1 N–H and O–H groups in total. The molecule has 16 heavy (non-hydrogen) atoms. The fourth-order valence-electron chi connectivity index (χ4n) is 2.13. The van der Waals surface area contributed by atoms with Crippen LogP contribution in [0.4, 0.5) is 0 Å². The molecule has 1 aromatic heterocycles. The van der Waals surface area contributed by atoms with E-state index in [2.05, 4.69) is 24.0 Å². The number of likely N-dealkylation sites (tertiary alicyclic amines) is 1. The van der Waals surface area contributed by atoms with E-state index in [9.17, 15) is 4.79 Å². The number of piperidine rings is 1. The summed E-state index contributed by atoms with van der Waals surface area (Å²) in [5.41, 5.74) is 0. The first-order valence-corrected chi connectivity index (χ1v) is 6.47. The van der Waals surface area contributed by atoms with Gasteiger partial charge in [-0.3, -0.25) is 9.69 Å². The van der Waals surface area contributed by atoms with Crippen molar-refractivity contribution in [2.45, 2.75) is 26.3 Å². The van der Waals surface area contributed by atoms with E-state index < -0.39 is 5.97 Å². The lowest BCUT2D eigenvalue weighted by Crippen LogP contribution is -2.35. The predicted octanol–water partition coefficient (Wildman–Crippen LogP) is 2.35. The van der Waals surface area contributed by atoms with Crippen LogP contribution in [0.25, 0.3) is 0 Å². The van der Waals surface area contributed by atoms with E-state index in [0.29, 0.717) is 0 Å². The number of carboxylic acids is 1. The normalized spacial score (nSPS) is 18.8. The highest BCUT2D eigenvalue weighted by Gasteiger charge is 2.24. The van der Waals surface area contributed by atoms with E-state index in [4.69, 9.17) is 5.11 Å². The van der Waals surface area contributed by atoms with Gasteiger partial charge in [0.1, 0.15) is 0 Å². The van der Waals surface area contributed by atoms with Crippen LogP contribution < -0.4 is 0 Å². The Bertz CT molecular complexity index is 367. The zero-order chi connectivity index (χ0) is 11.5. The summed E-state index contributed by atoms with van der Waals surface area (Å²) < 4.78 is 0. The average molecular weight is 239 g/mol. The number of rotatable bonds is 3. The zero-order valence-corrected chi connectivity index (χ0v) is 10.3. The largest absolute Gasteiger partial charge is 0.481 e. The van der Waals surface area contributed by atoms with Gasteiger partial charge in [0.15, 0.2) is 0 Å². The molecule has 1 fully saturated rings.